The first-order chi connectivity index (χ1) is 6.74. The molecule has 0 heterocycles. The summed E-state index contributed by atoms with van der Waals surface area (Å²) in [5, 5.41) is 8.98. The van der Waals surface area contributed by atoms with Crippen LogP contribution in [0.2, 0.25) is 0 Å². The van der Waals surface area contributed by atoms with Crippen LogP contribution in [0.1, 0.15) is 23.5 Å². The zero-order chi connectivity index (χ0) is 10.1. The molecule has 1 atom stereocenters. The van der Waals surface area contributed by atoms with Crippen molar-refractivity contribution in [2.45, 2.75) is 18.8 Å². The van der Waals surface area contributed by atoms with Crippen molar-refractivity contribution < 1.29 is 14.6 Å². The largest absolute Gasteiger partial charge is 0.496 e. The molecule has 1 aromatic rings. The van der Waals surface area contributed by atoms with Crippen LogP contribution < -0.4 is 4.74 Å². The maximum atomic E-state index is 10.9. The number of hydrogen-bond donors (Lipinski definition) is 1. The smallest absolute Gasteiger partial charge is 0.310 e. The van der Waals surface area contributed by atoms with Gasteiger partial charge in [0.05, 0.1) is 13.0 Å². The van der Waals surface area contributed by atoms with Gasteiger partial charge in [0.15, 0.2) is 0 Å². The maximum Gasteiger partial charge on any atom is 0.310 e. The maximum absolute atomic E-state index is 10.9. The van der Waals surface area contributed by atoms with Crippen molar-refractivity contribution in [2.75, 3.05) is 7.11 Å². The van der Waals surface area contributed by atoms with E-state index >= 15 is 0 Å². The Morgan fingerprint density at radius 3 is 3.00 bits per heavy atom. The molecule has 3 nitrogen and oxygen atoms in total. The van der Waals surface area contributed by atoms with Crippen LogP contribution in [-0.4, -0.2) is 18.2 Å². The summed E-state index contributed by atoms with van der Waals surface area (Å²) < 4.78 is 5.19. The highest BCUT2D eigenvalue weighted by Crippen LogP contribution is 2.38. The minimum Gasteiger partial charge on any atom is -0.496 e. The molecule has 0 amide bonds. The zero-order valence-electron chi connectivity index (χ0n) is 7.99. The van der Waals surface area contributed by atoms with Gasteiger partial charge in [0.25, 0.3) is 0 Å². The highest BCUT2D eigenvalue weighted by Gasteiger charge is 2.29. The number of carboxylic acid groups (broad SMARTS) is 1. The summed E-state index contributed by atoms with van der Waals surface area (Å²) in [4.78, 5) is 10.9. The quantitative estimate of drug-likeness (QED) is 0.777. The standard InChI is InChI=1S/C11H12O3/c1-14-10-4-2-3-7-8(10)5-6-9(7)11(12)13/h2-4,9H,5-6H2,1H3,(H,12,13). The molecule has 0 fully saturated rings. The lowest BCUT2D eigenvalue weighted by molar-refractivity contribution is -0.138. The number of methoxy groups -OCH3 is 1. The number of rotatable bonds is 2. The SMILES string of the molecule is COc1cccc2c1CCC2C(=O)O. The summed E-state index contributed by atoms with van der Waals surface area (Å²) in [6, 6.07) is 5.60. The van der Waals surface area contributed by atoms with Crippen molar-refractivity contribution in [1.29, 1.82) is 0 Å². The van der Waals surface area contributed by atoms with Crippen molar-refractivity contribution >= 4 is 5.97 Å². The van der Waals surface area contributed by atoms with Crippen LogP contribution >= 0.6 is 0 Å². The average molecular weight is 192 g/mol. The monoisotopic (exact) mass is 192 g/mol. The summed E-state index contributed by atoms with van der Waals surface area (Å²) in [6.45, 7) is 0. The molecule has 3 heteroatoms. The number of fused-ring (bicyclic) bond motifs is 1. The fourth-order valence-corrected chi connectivity index (χ4v) is 2.07. The van der Waals surface area contributed by atoms with E-state index in [1.807, 2.05) is 18.2 Å². The molecule has 0 saturated heterocycles. The third-order valence-corrected chi connectivity index (χ3v) is 2.75. The molecule has 0 aromatic heterocycles. The van der Waals surface area contributed by atoms with Crippen LogP contribution in [0.15, 0.2) is 18.2 Å². The Kier molecular flexibility index (Phi) is 2.15. The third-order valence-electron chi connectivity index (χ3n) is 2.75. The Bertz CT molecular complexity index is 371. The van der Waals surface area contributed by atoms with Gasteiger partial charge in [0.2, 0.25) is 0 Å². The Labute approximate surface area is 82.3 Å². The van der Waals surface area contributed by atoms with E-state index in [-0.39, 0.29) is 5.92 Å². The van der Waals surface area contributed by atoms with E-state index in [2.05, 4.69) is 0 Å². The number of benzene rings is 1. The number of carboxylic acids is 1. The lowest BCUT2D eigenvalue weighted by atomic mass is 10.0. The van der Waals surface area contributed by atoms with E-state index in [0.29, 0.717) is 6.42 Å². The van der Waals surface area contributed by atoms with Gasteiger partial charge in [-0.1, -0.05) is 12.1 Å². The first-order valence-electron chi connectivity index (χ1n) is 4.62. The van der Waals surface area contributed by atoms with Crippen LogP contribution in [0.5, 0.6) is 5.75 Å². The van der Waals surface area contributed by atoms with Crippen molar-refractivity contribution in [3.8, 4) is 5.75 Å². The summed E-state index contributed by atoms with van der Waals surface area (Å²) in [5.41, 5.74) is 1.97. The van der Waals surface area contributed by atoms with Crippen LogP contribution in [0.25, 0.3) is 0 Å². The van der Waals surface area contributed by atoms with Crippen LogP contribution in [0, 0.1) is 0 Å². The van der Waals surface area contributed by atoms with E-state index in [0.717, 1.165) is 23.3 Å². The molecule has 0 spiro atoms. The highest BCUT2D eigenvalue weighted by atomic mass is 16.5. The predicted molar refractivity (Wildman–Crippen MR) is 51.7 cm³/mol. The number of hydrogen-bond acceptors (Lipinski definition) is 2. The molecule has 1 aliphatic rings. The van der Waals surface area contributed by atoms with Crippen LogP contribution in [0.4, 0.5) is 0 Å². The molecule has 1 aliphatic carbocycles. The molecule has 2 rings (SSSR count). The first-order valence-corrected chi connectivity index (χ1v) is 4.62. The van der Waals surface area contributed by atoms with Crippen LogP contribution in [-0.2, 0) is 11.2 Å². The molecule has 74 valence electrons. The molecule has 1 aromatic carbocycles. The minimum atomic E-state index is -0.739. The van der Waals surface area contributed by atoms with E-state index in [9.17, 15) is 4.79 Å². The predicted octanol–water partition coefficient (Wildman–Crippen LogP) is 1.81. The molecular weight excluding hydrogens is 180 g/mol. The topological polar surface area (TPSA) is 46.5 Å². The molecule has 0 aliphatic heterocycles. The summed E-state index contributed by atoms with van der Waals surface area (Å²) >= 11 is 0. The Hall–Kier alpha value is -1.51. The summed E-state index contributed by atoms with van der Waals surface area (Å²) in [7, 11) is 1.61. The fraction of sp³-hybridized carbons (Fsp3) is 0.364. The summed E-state index contributed by atoms with van der Waals surface area (Å²) in [5.74, 6) is -0.275. The van der Waals surface area contributed by atoms with Gasteiger partial charge in [-0.05, 0) is 30.0 Å². The molecular formula is C11H12O3. The lowest BCUT2D eigenvalue weighted by Crippen LogP contribution is -2.07. The van der Waals surface area contributed by atoms with Gasteiger partial charge in [-0.3, -0.25) is 4.79 Å². The molecule has 1 unspecified atom stereocenters. The van der Waals surface area contributed by atoms with E-state index in [1.54, 1.807) is 7.11 Å². The van der Waals surface area contributed by atoms with Gasteiger partial charge < -0.3 is 9.84 Å². The van der Waals surface area contributed by atoms with Gasteiger partial charge in [0, 0.05) is 0 Å². The molecule has 0 bridgehead atoms. The second-order valence-corrected chi connectivity index (χ2v) is 3.46. The summed E-state index contributed by atoms with van der Waals surface area (Å²) in [6.07, 6.45) is 1.49. The Morgan fingerprint density at radius 1 is 1.57 bits per heavy atom. The number of carbonyl (C=O) groups is 1. The van der Waals surface area contributed by atoms with Crippen molar-refractivity contribution in [2.24, 2.45) is 0 Å². The third kappa shape index (κ3) is 1.25. The average Bonchev–Trinajstić information content (AvgIpc) is 2.60. The molecule has 14 heavy (non-hydrogen) atoms. The van der Waals surface area contributed by atoms with Crippen molar-refractivity contribution in [3.63, 3.8) is 0 Å². The second-order valence-electron chi connectivity index (χ2n) is 3.46. The van der Waals surface area contributed by atoms with Gasteiger partial charge in [-0.2, -0.15) is 0 Å². The lowest BCUT2D eigenvalue weighted by Gasteiger charge is -2.08. The van der Waals surface area contributed by atoms with E-state index in [4.69, 9.17) is 9.84 Å². The molecule has 0 saturated carbocycles. The number of ether oxygens (including phenoxy) is 1. The van der Waals surface area contributed by atoms with Gasteiger partial charge >= 0.3 is 5.97 Å². The second kappa shape index (κ2) is 3.33. The fourth-order valence-electron chi connectivity index (χ4n) is 2.07. The molecule has 1 N–H and O–H groups in total. The highest BCUT2D eigenvalue weighted by molar-refractivity contribution is 5.78. The minimum absolute atomic E-state index is 0.347. The van der Waals surface area contributed by atoms with Gasteiger partial charge in [-0.15, -0.1) is 0 Å². The Balaban J connectivity index is 2.46. The van der Waals surface area contributed by atoms with Crippen molar-refractivity contribution in [1.82, 2.24) is 0 Å². The van der Waals surface area contributed by atoms with E-state index < -0.39 is 5.97 Å². The van der Waals surface area contributed by atoms with Gasteiger partial charge in [0.1, 0.15) is 5.75 Å². The van der Waals surface area contributed by atoms with Gasteiger partial charge in [-0.25, -0.2) is 0 Å². The van der Waals surface area contributed by atoms with Crippen molar-refractivity contribution in [3.05, 3.63) is 29.3 Å². The van der Waals surface area contributed by atoms with E-state index in [1.165, 1.54) is 0 Å². The molecule has 0 radical (unpaired) electrons. The zero-order valence-corrected chi connectivity index (χ0v) is 7.99. The first kappa shape index (κ1) is 9.06. The normalized spacial score (nSPS) is 19.1. The Morgan fingerprint density at radius 2 is 2.36 bits per heavy atom. The van der Waals surface area contributed by atoms with Crippen LogP contribution in [0.3, 0.4) is 0 Å². The number of aliphatic carboxylic acids is 1.